The number of methoxy groups -OCH3 is 1. The number of ether oxygens (including phenoxy) is 2. The molecule has 1 aromatic heterocycles. The van der Waals surface area contributed by atoms with E-state index in [0.717, 1.165) is 11.1 Å². The number of aromatic nitrogens is 1. The molecule has 0 saturated heterocycles. The summed E-state index contributed by atoms with van der Waals surface area (Å²) in [6.07, 6.45) is 6.85. The molecule has 2 rings (SSSR count). The van der Waals surface area contributed by atoms with Crippen molar-refractivity contribution in [2.75, 3.05) is 7.11 Å². The first kappa shape index (κ1) is 16.5. The second kappa shape index (κ2) is 7.98. The predicted molar refractivity (Wildman–Crippen MR) is 88.5 cm³/mol. The minimum atomic E-state index is -0.990. The molecule has 1 N–H and O–H groups in total. The quantitative estimate of drug-likeness (QED) is 0.847. The number of rotatable bonds is 7. The second-order valence-corrected chi connectivity index (χ2v) is 4.88. The highest BCUT2D eigenvalue weighted by molar-refractivity contribution is 5.73. The van der Waals surface area contributed by atoms with Crippen LogP contribution in [0.15, 0.2) is 42.7 Å². The fourth-order valence-corrected chi connectivity index (χ4v) is 2.01. The van der Waals surface area contributed by atoms with Gasteiger partial charge >= 0.3 is 5.97 Å². The summed E-state index contributed by atoms with van der Waals surface area (Å²) in [5, 5.41) is 9.08. The van der Waals surface area contributed by atoms with E-state index in [4.69, 9.17) is 14.6 Å². The highest BCUT2D eigenvalue weighted by atomic mass is 16.5. The maximum atomic E-state index is 11.1. The second-order valence-electron chi connectivity index (χ2n) is 4.88. The Balaban J connectivity index is 2.19. The Kier molecular flexibility index (Phi) is 5.74. The van der Waals surface area contributed by atoms with E-state index in [1.54, 1.807) is 25.4 Å². The molecule has 1 heterocycles. The zero-order valence-corrected chi connectivity index (χ0v) is 13.1. The highest BCUT2D eigenvalue weighted by Gasteiger charge is 2.18. The van der Waals surface area contributed by atoms with Gasteiger partial charge in [0, 0.05) is 12.4 Å². The Bertz CT molecular complexity index is 683. The van der Waals surface area contributed by atoms with Gasteiger partial charge in [-0.2, -0.15) is 0 Å². The zero-order valence-electron chi connectivity index (χ0n) is 13.1. The molecule has 0 amide bonds. The molecule has 0 saturated carbocycles. The van der Waals surface area contributed by atoms with Gasteiger partial charge in [-0.15, -0.1) is 0 Å². The lowest BCUT2D eigenvalue weighted by atomic mass is 10.1. The third-order valence-corrected chi connectivity index (χ3v) is 3.28. The van der Waals surface area contributed by atoms with Crippen molar-refractivity contribution >= 4 is 18.1 Å². The van der Waals surface area contributed by atoms with Gasteiger partial charge in [-0.05, 0) is 41.8 Å². The van der Waals surface area contributed by atoms with Gasteiger partial charge in [0.15, 0.2) is 17.6 Å². The van der Waals surface area contributed by atoms with Crippen molar-refractivity contribution in [3.63, 3.8) is 0 Å². The Morgan fingerprint density at radius 2 is 1.87 bits per heavy atom. The molecule has 2 aromatic rings. The zero-order chi connectivity index (χ0) is 16.7. The van der Waals surface area contributed by atoms with Gasteiger partial charge in [0.1, 0.15) is 0 Å². The van der Waals surface area contributed by atoms with E-state index >= 15 is 0 Å². The Morgan fingerprint density at radius 3 is 2.48 bits per heavy atom. The lowest BCUT2D eigenvalue weighted by Gasteiger charge is -2.16. The SMILES string of the molecule is CCC(Oc1ccc(/C=C/c2ccncc2)cc1OC)C(=O)O. The predicted octanol–water partition coefficient (Wildman–Crippen LogP) is 3.50. The molecule has 0 spiro atoms. The standard InChI is InChI=1S/C18H19NO4/c1-3-15(18(20)21)23-16-7-6-14(12-17(16)22-2)5-4-13-8-10-19-11-9-13/h4-12,15H,3H2,1-2H3,(H,20,21)/b5-4+. The number of hydrogen-bond acceptors (Lipinski definition) is 4. The van der Waals surface area contributed by atoms with Crippen molar-refractivity contribution in [3.8, 4) is 11.5 Å². The van der Waals surface area contributed by atoms with E-state index in [1.807, 2.05) is 36.4 Å². The van der Waals surface area contributed by atoms with Gasteiger partial charge in [0.2, 0.25) is 0 Å². The summed E-state index contributed by atoms with van der Waals surface area (Å²) >= 11 is 0. The number of carbonyl (C=O) groups is 1. The molecule has 0 aliphatic heterocycles. The summed E-state index contributed by atoms with van der Waals surface area (Å²) < 4.78 is 10.8. The fraction of sp³-hybridized carbons (Fsp3) is 0.222. The molecule has 0 bridgehead atoms. The number of benzene rings is 1. The van der Waals surface area contributed by atoms with Crippen LogP contribution in [-0.2, 0) is 4.79 Å². The molecule has 120 valence electrons. The minimum absolute atomic E-state index is 0.377. The molecule has 1 aromatic carbocycles. The highest BCUT2D eigenvalue weighted by Crippen LogP contribution is 2.30. The van der Waals surface area contributed by atoms with Gasteiger partial charge in [-0.25, -0.2) is 4.79 Å². The summed E-state index contributed by atoms with van der Waals surface area (Å²) in [6.45, 7) is 1.76. The van der Waals surface area contributed by atoms with Crippen molar-refractivity contribution < 1.29 is 19.4 Å². The maximum Gasteiger partial charge on any atom is 0.344 e. The van der Waals surface area contributed by atoms with Crippen molar-refractivity contribution in [2.24, 2.45) is 0 Å². The average molecular weight is 313 g/mol. The molecule has 0 aliphatic carbocycles. The summed E-state index contributed by atoms with van der Waals surface area (Å²) in [7, 11) is 1.53. The van der Waals surface area contributed by atoms with E-state index in [0.29, 0.717) is 17.9 Å². The number of hydrogen-bond donors (Lipinski definition) is 1. The minimum Gasteiger partial charge on any atom is -0.493 e. The van der Waals surface area contributed by atoms with Crippen LogP contribution in [0.1, 0.15) is 24.5 Å². The topological polar surface area (TPSA) is 68.7 Å². The molecular formula is C18H19NO4. The van der Waals surface area contributed by atoms with Crippen LogP contribution in [0.25, 0.3) is 12.2 Å². The van der Waals surface area contributed by atoms with Gasteiger partial charge < -0.3 is 14.6 Å². The Morgan fingerprint density at radius 1 is 1.17 bits per heavy atom. The summed E-state index contributed by atoms with van der Waals surface area (Å²) in [5.74, 6) is -0.0689. The Labute approximate surface area is 135 Å². The molecule has 1 atom stereocenters. The van der Waals surface area contributed by atoms with Gasteiger partial charge in [0.25, 0.3) is 0 Å². The first-order chi connectivity index (χ1) is 11.1. The van der Waals surface area contributed by atoms with Crippen LogP contribution in [0.4, 0.5) is 0 Å². The van der Waals surface area contributed by atoms with Crippen molar-refractivity contribution in [1.29, 1.82) is 0 Å². The van der Waals surface area contributed by atoms with Crippen LogP contribution in [-0.4, -0.2) is 29.3 Å². The van der Waals surface area contributed by atoms with Crippen LogP contribution in [0.5, 0.6) is 11.5 Å². The lowest BCUT2D eigenvalue weighted by Crippen LogP contribution is -2.26. The summed E-state index contributed by atoms with van der Waals surface area (Å²) in [5.41, 5.74) is 1.96. The maximum absolute atomic E-state index is 11.1. The Hall–Kier alpha value is -2.82. The number of carboxylic acids is 1. The van der Waals surface area contributed by atoms with E-state index < -0.39 is 12.1 Å². The largest absolute Gasteiger partial charge is 0.493 e. The molecule has 1 unspecified atom stereocenters. The number of aliphatic carboxylic acids is 1. The van der Waals surface area contributed by atoms with E-state index in [9.17, 15) is 4.79 Å². The third kappa shape index (κ3) is 4.57. The van der Waals surface area contributed by atoms with E-state index in [2.05, 4.69) is 4.98 Å². The monoisotopic (exact) mass is 313 g/mol. The lowest BCUT2D eigenvalue weighted by molar-refractivity contribution is -0.145. The van der Waals surface area contributed by atoms with E-state index in [1.165, 1.54) is 7.11 Å². The molecule has 0 radical (unpaired) electrons. The van der Waals surface area contributed by atoms with Gasteiger partial charge in [0.05, 0.1) is 7.11 Å². The first-order valence-corrected chi connectivity index (χ1v) is 7.29. The van der Waals surface area contributed by atoms with Crippen molar-refractivity contribution in [1.82, 2.24) is 4.98 Å². The number of pyridine rings is 1. The number of nitrogens with zero attached hydrogens (tertiary/aromatic N) is 1. The first-order valence-electron chi connectivity index (χ1n) is 7.29. The smallest absolute Gasteiger partial charge is 0.344 e. The number of carboxylic acid groups (broad SMARTS) is 1. The van der Waals surface area contributed by atoms with Crippen LogP contribution in [0, 0.1) is 0 Å². The molecule has 0 fully saturated rings. The van der Waals surface area contributed by atoms with Crippen LogP contribution in [0.2, 0.25) is 0 Å². The van der Waals surface area contributed by atoms with Crippen molar-refractivity contribution in [3.05, 3.63) is 53.9 Å². The van der Waals surface area contributed by atoms with Gasteiger partial charge in [-0.3, -0.25) is 4.98 Å². The molecule has 23 heavy (non-hydrogen) atoms. The molecule has 0 aliphatic rings. The summed E-state index contributed by atoms with van der Waals surface area (Å²) in [6, 6.07) is 9.19. The molecular weight excluding hydrogens is 294 g/mol. The van der Waals surface area contributed by atoms with Crippen LogP contribution < -0.4 is 9.47 Å². The molecule has 5 nitrogen and oxygen atoms in total. The van der Waals surface area contributed by atoms with E-state index in [-0.39, 0.29) is 0 Å². The average Bonchev–Trinajstić information content (AvgIpc) is 2.58. The third-order valence-electron chi connectivity index (χ3n) is 3.28. The fourth-order valence-electron chi connectivity index (χ4n) is 2.01. The summed E-state index contributed by atoms with van der Waals surface area (Å²) in [4.78, 5) is 15.0. The van der Waals surface area contributed by atoms with Crippen LogP contribution >= 0.6 is 0 Å². The van der Waals surface area contributed by atoms with Crippen molar-refractivity contribution in [2.45, 2.75) is 19.4 Å². The van der Waals surface area contributed by atoms with Gasteiger partial charge in [-0.1, -0.05) is 25.1 Å². The van der Waals surface area contributed by atoms with Crippen LogP contribution in [0.3, 0.4) is 0 Å². The molecule has 5 heteroatoms. The normalized spacial score (nSPS) is 12.1.